The van der Waals surface area contributed by atoms with Crippen LogP contribution in [0.25, 0.3) is 0 Å². The van der Waals surface area contributed by atoms with E-state index in [0.29, 0.717) is 17.6 Å². The molecule has 136 valence electrons. The fourth-order valence-electron chi connectivity index (χ4n) is 3.02. The van der Waals surface area contributed by atoms with Crippen molar-refractivity contribution in [3.8, 4) is 0 Å². The molecule has 1 aliphatic heterocycles. The molecule has 0 spiro atoms. The number of guanidine groups is 1. The number of likely N-dealkylation sites (N-methyl/N-ethyl adjacent to an activating group) is 1. The Bertz CT molecular complexity index is 541. The third-order valence-electron chi connectivity index (χ3n) is 4.34. The maximum atomic E-state index is 13.0. The quantitative estimate of drug-likeness (QED) is 0.382. The molecule has 1 saturated heterocycles. The highest BCUT2D eigenvalue weighted by molar-refractivity contribution is 14.0. The lowest BCUT2D eigenvalue weighted by Crippen LogP contribution is -2.45. The summed E-state index contributed by atoms with van der Waals surface area (Å²) in [5.41, 5.74) is 0.934. The van der Waals surface area contributed by atoms with Crippen LogP contribution in [0.5, 0.6) is 0 Å². The SMILES string of the molecule is CCN1CCCC1CNC(=NC)NCCc1ccc(F)cc1Cl.I. The van der Waals surface area contributed by atoms with Crippen LogP contribution in [-0.4, -0.2) is 50.1 Å². The number of likely N-dealkylation sites (tertiary alicyclic amines) is 1. The number of benzene rings is 1. The first kappa shape index (κ1) is 21.4. The second kappa shape index (κ2) is 11.1. The van der Waals surface area contributed by atoms with Gasteiger partial charge in [-0.2, -0.15) is 0 Å². The van der Waals surface area contributed by atoms with Crippen molar-refractivity contribution in [2.24, 2.45) is 4.99 Å². The zero-order valence-electron chi connectivity index (χ0n) is 14.3. The first-order valence-corrected chi connectivity index (χ1v) is 8.64. The molecule has 4 nitrogen and oxygen atoms in total. The highest BCUT2D eigenvalue weighted by Crippen LogP contribution is 2.17. The third kappa shape index (κ3) is 6.37. The smallest absolute Gasteiger partial charge is 0.191 e. The lowest BCUT2D eigenvalue weighted by atomic mass is 10.1. The van der Waals surface area contributed by atoms with E-state index in [1.54, 1.807) is 13.1 Å². The van der Waals surface area contributed by atoms with Crippen LogP contribution in [0.2, 0.25) is 5.02 Å². The van der Waals surface area contributed by atoms with Crippen molar-refractivity contribution in [2.45, 2.75) is 32.2 Å². The minimum absolute atomic E-state index is 0. The van der Waals surface area contributed by atoms with Gasteiger partial charge in [-0.05, 0) is 50.0 Å². The Balaban J connectivity index is 0.00000288. The van der Waals surface area contributed by atoms with E-state index in [9.17, 15) is 4.39 Å². The minimum Gasteiger partial charge on any atom is -0.356 e. The van der Waals surface area contributed by atoms with Crippen LogP contribution in [0, 0.1) is 5.82 Å². The molecule has 0 amide bonds. The van der Waals surface area contributed by atoms with E-state index < -0.39 is 0 Å². The summed E-state index contributed by atoms with van der Waals surface area (Å²) >= 11 is 6.04. The van der Waals surface area contributed by atoms with E-state index in [0.717, 1.165) is 31.0 Å². The van der Waals surface area contributed by atoms with E-state index in [1.165, 1.54) is 31.5 Å². The number of hydrogen-bond donors (Lipinski definition) is 2. The molecule has 7 heteroatoms. The van der Waals surface area contributed by atoms with Crippen LogP contribution in [0.3, 0.4) is 0 Å². The Morgan fingerprint density at radius 3 is 2.88 bits per heavy atom. The van der Waals surface area contributed by atoms with Crippen LogP contribution in [0.4, 0.5) is 4.39 Å². The zero-order chi connectivity index (χ0) is 16.7. The molecule has 0 saturated carbocycles. The normalized spacial score (nSPS) is 18.3. The van der Waals surface area contributed by atoms with Crippen molar-refractivity contribution in [3.05, 3.63) is 34.6 Å². The van der Waals surface area contributed by atoms with Crippen LogP contribution in [0.15, 0.2) is 23.2 Å². The Kier molecular flexibility index (Phi) is 9.92. The average molecular weight is 469 g/mol. The number of nitrogens with one attached hydrogen (secondary N) is 2. The van der Waals surface area contributed by atoms with Gasteiger partial charge >= 0.3 is 0 Å². The molecule has 2 rings (SSSR count). The first-order chi connectivity index (χ1) is 11.1. The van der Waals surface area contributed by atoms with Crippen LogP contribution in [-0.2, 0) is 6.42 Å². The summed E-state index contributed by atoms with van der Waals surface area (Å²) in [5, 5.41) is 7.15. The molecule has 1 fully saturated rings. The summed E-state index contributed by atoms with van der Waals surface area (Å²) in [5.74, 6) is 0.493. The maximum absolute atomic E-state index is 13.0. The van der Waals surface area contributed by atoms with Gasteiger partial charge < -0.3 is 10.6 Å². The predicted molar refractivity (Wildman–Crippen MR) is 110 cm³/mol. The summed E-state index contributed by atoms with van der Waals surface area (Å²) in [6.45, 7) is 6.11. The Labute approximate surface area is 166 Å². The number of nitrogens with zero attached hydrogens (tertiary/aromatic N) is 2. The second-order valence-corrected chi connectivity index (χ2v) is 6.20. The van der Waals surface area contributed by atoms with Crippen LogP contribution in [0.1, 0.15) is 25.3 Å². The molecule has 0 bridgehead atoms. The molecule has 1 aliphatic rings. The largest absolute Gasteiger partial charge is 0.356 e. The predicted octanol–water partition coefficient (Wildman–Crippen LogP) is 3.29. The Morgan fingerprint density at radius 2 is 2.21 bits per heavy atom. The van der Waals surface area contributed by atoms with Gasteiger partial charge in [-0.1, -0.05) is 24.6 Å². The monoisotopic (exact) mass is 468 g/mol. The summed E-state index contributed by atoms with van der Waals surface area (Å²) < 4.78 is 13.0. The summed E-state index contributed by atoms with van der Waals surface area (Å²) in [6, 6.07) is 5.11. The number of rotatable bonds is 6. The van der Waals surface area contributed by atoms with Crippen LogP contribution < -0.4 is 10.6 Å². The van der Waals surface area contributed by atoms with E-state index in [4.69, 9.17) is 11.6 Å². The topological polar surface area (TPSA) is 39.7 Å². The van der Waals surface area contributed by atoms with Crippen molar-refractivity contribution >= 4 is 41.5 Å². The van der Waals surface area contributed by atoms with Crippen molar-refractivity contribution in [3.63, 3.8) is 0 Å². The van der Waals surface area contributed by atoms with Crippen molar-refractivity contribution in [1.82, 2.24) is 15.5 Å². The van der Waals surface area contributed by atoms with Gasteiger partial charge in [-0.25, -0.2) is 4.39 Å². The fourth-order valence-corrected chi connectivity index (χ4v) is 3.28. The third-order valence-corrected chi connectivity index (χ3v) is 4.69. The highest BCUT2D eigenvalue weighted by Gasteiger charge is 2.22. The van der Waals surface area contributed by atoms with Gasteiger partial charge in [0, 0.05) is 31.2 Å². The molecule has 0 aromatic heterocycles. The van der Waals surface area contributed by atoms with Gasteiger partial charge in [0.05, 0.1) is 0 Å². The van der Waals surface area contributed by atoms with Crippen molar-refractivity contribution in [1.29, 1.82) is 0 Å². The molecule has 1 unspecified atom stereocenters. The fraction of sp³-hybridized carbons (Fsp3) is 0.588. The molecule has 0 aliphatic carbocycles. The van der Waals surface area contributed by atoms with Gasteiger partial charge in [-0.3, -0.25) is 9.89 Å². The van der Waals surface area contributed by atoms with Gasteiger partial charge in [0.25, 0.3) is 0 Å². The van der Waals surface area contributed by atoms with Crippen LogP contribution >= 0.6 is 35.6 Å². The first-order valence-electron chi connectivity index (χ1n) is 8.26. The lowest BCUT2D eigenvalue weighted by Gasteiger charge is -2.24. The summed E-state index contributed by atoms with van der Waals surface area (Å²) in [4.78, 5) is 6.75. The number of aliphatic imine (C=N–C) groups is 1. The molecule has 0 radical (unpaired) electrons. The second-order valence-electron chi connectivity index (χ2n) is 5.79. The van der Waals surface area contributed by atoms with Crippen molar-refractivity contribution in [2.75, 3.05) is 33.2 Å². The minimum atomic E-state index is -0.304. The molecular weight excluding hydrogens is 442 g/mol. The van der Waals surface area contributed by atoms with Gasteiger partial charge in [-0.15, -0.1) is 24.0 Å². The summed E-state index contributed by atoms with van der Waals surface area (Å²) in [6.07, 6.45) is 3.24. The maximum Gasteiger partial charge on any atom is 0.191 e. The average Bonchev–Trinajstić information content (AvgIpc) is 3.00. The van der Waals surface area contributed by atoms with Gasteiger partial charge in [0.1, 0.15) is 5.82 Å². The standard InChI is InChI=1S/C17H26ClFN4.HI/c1-3-23-10-4-5-15(23)12-22-17(20-2)21-9-8-13-6-7-14(19)11-16(13)18;/h6-7,11,15H,3-5,8-10,12H2,1-2H3,(H2,20,21,22);1H. The number of halogens is 3. The molecular formula is C17H27ClFIN4. The molecule has 24 heavy (non-hydrogen) atoms. The zero-order valence-corrected chi connectivity index (χ0v) is 17.4. The van der Waals surface area contributed by atoms with Gasteiger partial charge in [0.15, 0.2) is 5.96 Å². The molecule has 1 aromatic rings. The highest BCUT2D eigenvalue weighted by atomic mass is 127. The molecule has 1 heterocycles. The van der Waals surface area contributed by atoms with E-state index in [1.807, 2.05) is 0 Å². The Hall–Kier alpha value is -0.600. The number of hydrogen-bond acceptors (Lipinski definition) is 2. The van der Waals surface area contributed by atoms with E-state index >= 15 is 0 Å². The van der Waals surface area contributed by atoms with Crippen molar-refractivity contribution < 1.29 is 4.39 Å². The molecule has 2 N–H and O–H groups in total. The summed E-state index contributed by atoms with van der Waals surface area (Å²) in [7, 11) is 1.77. The lowest BCUT2D eigenvalue weighted by molar-refractivity contribution is 0.267. The van der Waals surface area contributed by atoms with E-state index in [-0.39, 0.29) is 29.8 Å². The molecule has 1 aromatic carbocycles. The van der Waals surface area contributed by atoms with E-state index in [2.05, 4.69) is 27.4 Å². The molecule has 1 atom stereocenters. The van der Waals surface area contributed by atoms with Gasteiger partial charge in [0.2, 0.25) is 0 Å². The Morgan fingerprint density at radius 1 is 1.42 bits per heavy atom.